The lowest BCUT2D eigenvalue weighted by atomic mass is 9.86. The van der Waals surface area contributed by atoms with Gasteiger partial charge in [-0.15, -0.1) is 0 Å². The highest BCUT2D eigenvalue weighted by molar-refractivity contribution is 8.13. The molecule has 0 spiro atoms. The SMILES string of the molecule is C[C@@H](O)CC(=O)O[C@H]1C(=O)NCCC(=O)NCCSC(=O)CC(=O)CCC(=O)OCC1(C)C. The number of aliphatic hydroxyl groups is 1. The minimum absolute atomic E-state index is 0.0361. The van der Waals surface area contributed by atoms with Crippen molar-refractivity contribution < 1.29 is 43.3 Å². The minimum Gasteiger partial charge on any atom is -0.465 e. The summed E-state index contributed by atoms with van der Waals surface area (Å²) < 4.78 is 10.5. The number of hydrogen-bond acceptors (Lipinski definition) is 10. The van der Waals surface area contributed by atoms with E-state index in [0.29, 0.717) is 0 Å². The Balaban J connectivity index is 2.95. The highest BCUT2D eigenvalue weighted by Gasteiger charge is 2.40. The maximum atomic E-state index is 12.7. The Morgan fingerprint density at radius 3 is 2.52 bits per heavy atom. The number of rotatable bonds is 3. The molecular formula is C21H32N2O9S. The number of nitrogens with one attached hydrogen (secondary N) is 2. The lowest BCUT2D eigenvalue weighted by molar-refractivity contribution is -0.170. The number of cyclic esters (lactones) is 1. The summed E-state index contributed by atoms with van der Waals surface area (Å²) >= 11 is 0.913. The quantitative estimate of drug-likeness (QED) is 0.360. The fourth-order valence-electron chi connectivity index (χ4n) is 2.78. The molecular weight excluding hydrogens is 456 g/mol. The van der Waals surface area contributed by atoms with Gasteiger partial charge in [0.15, 0.2) is 11.2 Å². The zero-order valence-corrected chi connectivity index (χ0v) is 20.0. The molecule has 3 N–H and O–H groups in total. The van der Waals surface area contributed by atoms with Gasteiger partial charge >= 0.3 is 11.9 Å². The van der Waals surface area contributed by atoms with E-state index < -0.39 is 41.3 Å². The van der Waals surface area contributed by atoms with Crippen LogP contribution >= 0.6 is 11.8 Å². The van der Waals surface area contributed by atoms with Gasteiger partial charge in [0.25, 0.3) is 5.91 Å². The number of carbonyl (C=O) groups is 6. The van der Waals surface area contributed by atoms with Gasteiger partial charge in [-0.25, -0.2) is 0 Å². The van der Waals surface area contributed by atoms with E-state index in [1.165, 1.54) is 6.92 Å². The van der Waals surface area contributed by atoms with Crippen molar-refractivity contribution in [1.29, 1.82) is 0 Å². The molecule has 0 radical (unpaired) electrons. The van der Waals surface area contributed by atoms with Gasteiger partial charge in [-0.3, -0.25) is 28.8 Å². The fourth-order valence-corrected chi connectivity index (χ4v) is 3.48. The first-order valence-corrected chi connectivity index (χ1v) is 11.6. The summed E-state index contributed by atoms with van der Waals surface area (Å²) in [5.41, 5.74) is -1.16. The van der Waals surface area contributed by atoms with Crippen molar-refractivity contribution in [2.75, 3.05) is 25.4 Å². The molecule has 0 aromatic carbocycles. The molecule has 186 valence electrons. The third kappa shape index (κ3) is 11.8. The summed E-state index contributed by atoms with van der Waals surface area (Å²) in [5.74, 6) is -2.67. The molecule has 11 nitrogen and oxygen atoms in total. The van der Waals surface area contributed by atoms with E-state index >= 15 is 0 Å². The first-order chi connectivity index (χ1) is 15.4. The minimum atomic E-state index is -1.36. The molecule has 1 aliphatic rings. The number of hydrogen-bond donors (Lipinski definition) is 3. The summed E-state index contributed by atoms with van der Waals surface area (Å²) in [6.45, 7) is 4.37. The number of ketones is 1. The number of amides is 2. The zero-order chi connectivity index (χ0) is 25.0. The number of aliphatic hydroxyl groups excluding tert-OH is 1. The van der Waals surface area contributed by atoms with E-state index in [0.717, 1.165) is 11.8 Å². The number of ether oxygens (including phenoxy) is 2. The predicted octanol–water partition coefficient (Wildman–Crippen LogP) is -0.126. The summed E-state index contributed by atoms with van der Waals surface area (Å²) in [6, 6.07) is 0. The van der Waals surface area contributed by atoms with Crippen molar-refractivity contribution in [3.05, 3.63) is 0 Å². The Kier molecular flexibility index (Phi) is 12.1. The van der Waals surface area contributed by atoms with Gasteiger partial charge in [-0.1, -0.05) is 25.6 Å². The Labute approximate surface area is 196 Å². The van der Waals surface area contributed by atoms with Crippen molar-refractivity contribution >= 4 is 46.4 Å². The Bertz CT molecular complexity index is 752. The van der Waals surface area contributed by atoms with Crippen molar-refractivity contribution in [3.63, 3.8) is 0 Å². The number of thioether (sulfide) groups is 1. The first-order valence-electron chi connectivity index (χ1n) is 10.7. The third-order valence-electron chi connectivity index (χ3n) is 4.55. The molecule has 2 amide bonds. The summed E-state index contributed by atoms with van der Waals surface area (Å²) in [4.78, 5) is 72.6. The lowest BCUT2D eigenvalue weighted by Gasteiger charge is -2.32. The molecule has 1 aliphatic heterocycles. The van der Waals surface area contributed by atoms with Crippen LogP contribution in [0.1, 0.15) is 52.9 Å². The molecule has 33 heavy (non-hydrogen) atoms. The molecule has 12 heteroatoms. The van der Waals surface area contributed by atoms with Crippen LogP contribution in [0.4, 0.5) is 0 Å². The molecule has 0 bridgehead atoms. The lowest BCUT2D eigenvalue weighted by Crippen LogP contribution is -2.49. The van der Waals surface area contributed by atoms with Crippen LogP contribution in [-0.2, 0) is 38.2 Å². The topological polar surface area (TPSA) is 165 Å². The highest BCUT2D eigenvalue weighted by atomic mass is 32.2. The van der Waals surface area contributed by atoms with Gasteiger partial charge in [-0.05, 0) is 6.92 Å². The molecule has 1 heterocycles. The fraction of sp³-hybridized carbons (Fsp3) is 0.714. The van der Waals surface area contributed by atoms with E-state index in [4.69, 9.17) is 9.47 Å². The second-order valence-electron chi connectivity index (χ2n) is 8.40. The smallest absolute Gasteiger partial charge is 0.309 e. The predicted molar refractivity (Wildman–Crippen MR) is 118 cm³/mol. The van der Waals surface area contributed by atoms with E-state index in [-0.39, 0.29) is 68.6 Å². The van der Waals surface area contributed by atoms with Gasteiger partial charge in [0, 0.05) is 37.1 Å². The zero-order valence-electron chi connectivity index (χ0n) is 19.1. The highest BCUT2D eigenvalue weighted by Crippen LogP contribution is 2.25. The van der Waals surface area contributed by atoms with Crippen LogP contribution in [0.15, 0.2) is 0 Å². The molecule has 1 fully saturated rings. The van der Waals surface area contributed by atoms with Crippen molar-refractivity contribution in [2.24, 2.45) is 5.41 Å². The maximum Gasteiger partial charge on any atom is 0.309 e. The first kappa shape index (κ1) is 28.6. The van der Waals surface area contributed by atoms with Crippen LogP contribution in [0.3, 0.4) is 0 Å². The van der Waals surface area contributed by atoms with Crippen LogP contribution in [0.2, 0.25) is 0 Å². The molecule has 0 saturated carbocycles. The van der Waals surface area contributed by atoms with Gasteiger partial charge in [0.1, 0.15) is 12.4 Å². The summed E-state index contributed by atoms with van der Waals surface area (Å²) in [5, 5.41) is 14.2. The van der Waals surface area contributed by atoms with E-state index in [1.807, 2.05) is 0 Å². The van der Waals surface area contributed by atoms with Gasteiger partial charge < -0.3 is 25.2 Å². The van der Waals surface area contributed by atoms with Crippen LogP contribution in [0, 0.1) is 5.41 Å². The number of carbonyl (C=O) groups excluding carboxylic acids is 6. The molecule has 0 unspecified atom stereocenters. The molecule has 0 aliphatic carbocycles. The van der Waals surface area contributed by atoms with Gasteiger partial charge in [0.05, 0.1) is 25.4 Å². The molecule has 0 aromatic heterocycles. The molecule has 1 saturated heterocycles. The normalized spacial score (nSPS) is 23.2. The average molecular weight is 489 g/mol. The number of Topliss-reactive ketones (excluding diaryl/α,β-unsaturated/α-hetero) is 1. The van der Waals surface area contributed by atoms with E-state index in [1.54, 1.807) is 13.8 Å². The standard InChI is InChI=1S/C21H32N2O9S/c1-13(24)10-17(28)32-19-20(30)23-7-6-15(26)22-8-9-33-18(29)11-14(25)4-5-16(27)31-12-21(19,2)3/h13,19,24H,4-12H2,1-3H3,(H,22,26)(H,23,30)/t13-,19+/m1/s1. The van der Waals surface area contributed by atoms with Crippen LogP contribution in [0.5, 0.6) is 0 Å². The van der Waals surface area contributed by atoms with Crippen LogP contribution in [0.25, 0.3) is 0 Å². The largest absolute Gasteiger partial charge is 0.465 e. The second-order valence-corrected chi connectivity index (χ2v) is 9.55. The molecule has 0 aromatic rings. The molecule has 2 atom stereocenters. The van der Waals surface area contributed by atoms with Crippen molar-refractivity contribution in [3.8, 4) is 0 Å². The van der Waals surface area contributed by atoms with Crippen LogP contribution < -0.4 is 10.6 Å². The Morgan fingerprint density at radius 2 is 1.85 bits per heavy atom. The monoisotopic (exact) mass is 488 g/mol. The van der Waals surface area contributed by atoms with E-state index in [9.17, 15) is 33.9 Å². The summed E-state index contributed by atoms with van der Waals surface area (Å²) in [7, 11) is 0. The summed E-state index contributed by atoms with van der Waals surface area (Å²) in [6.07, 6.45) is -3.45. The van der Waals surface area contributed by atoms with Crippen molar-refractivity contribution in [2.45, 2.75) is 65.1 Å². The number of esters is 2. The van der Waals surface area contributed by atoms with Crippen LogP contribution in [-0.4, -0.2) is 77.4 Å². The van der Waals surface area contributed by atoms with E-state index in [2.05, 4.69) is 10.6 Å². The third-order valence-corrected chi connectivity index (χ3v) is 5.43. The van der Waals surface area contributed by atoms with Gasteiger partial charge in [0.2, 0.25) is 5.91 Å². The Morgan fingerprint density at radius 1 is 1.15 bits per heavy atom. The van der Waals surface area contributed by atoms with Crippen molar-refractivity contribution in [1.82, 2.24) is 10.6 Å². The maximum absolute atomic E-state index is 12.7. The average Bonchev–Trinajstić information content (AvgIpc) is 2.71. The molecule has 1 rings (SSSR count). The Hall–Kier alpha value is -2.47. The van der Waals surface area contributed by atoms with Gasteiger partial charge in [-0.2, -0.15) is 0 Å². The second kappa shape index (κ2) is 13.9.